The number of amides is 1. The van der Waals surface area contributed by atoms with E-state index in [4.69, 9.17) is 0 Å². The molecule has 0 aliphatic carbocycles. The lowest BCUT2D eigenvalue weighted by molar-refractivity contribution is -0.123. The molecule has 0 aliphatic heterocycles. The minimum absolute atomic E-state index is 0.0101. The first kappa shape index (κ1) is 13.1. The molecule has 92 valence electrons. The molecule has 0 radical (unpaired) electrons. The lowest BCUT2D eigenvalue weighted by Gasteiger charge is -2.01. The van der Waals surface area contributed by atoms with Gasteiger partial charge in [0.25, 0.3) is 5.56 Å². The van der Waals surface area contributed by atoms with Gasteiger partial charge in [-0.1, -0.05) is 13.8 Å². The Hall–Kier alpha value is -1.96. The second kappa shape index (κ2) is 5.39. The number of hydrogen-bond donors (Lipinski definition) is 4. The zero-order valence-corrected chi connectivity index (χ0v) is 10.1. The number of rotatable bonds is 3. The van der Waals surface area contributed by atoms with Crippen molar-refractivity contribution in [3.05, 3.63) is 20.7 Å². The van der Waals surface area contributed by atoms with Crippen LogP contribution in [-0.2, 0) is 4.79 Å². The van der Waals surface area contributed by atoms with E-state index in [-0.39, 0.29) is 22.2 Å². The third kappa shape index (κ3) is 3.52. The van der Waals surface area contributed by atoms with Crippen LogP contribution in [0.4, 0.5) is 0 Å². The van der Waals surface area contributed by atoms with Crippen LogP contribution in [-0.4, -0.2) is 27.2 Å². The molecule has 0 aromatic carbocycles. The Labute approximate surface area is 102 Å². The Bertz CT molecular complexity index is 558. The van der Waals surface area contributed by atoms with Crippen LogP contribution in [0.1, 0.15) is 19.4 Å². The minimum Gasteiger partial charge on any atom is -0.494 e. The number of nitrogens with one attached hydrogen (secondary N) is 3. The molecule has 1 aromatic heterocycles. The molecule has 0 saturated carbocycles. The van der Waals surface area contributed by atoms with Gasteiger partial charge in [-0.3, -0.25) is 14.6 Å². The molecule has 0 fully saturated rings. The highest BCUT2D eigenvalue weighted by Crippen LogP contribution is 2.03. The highest BCUT2D eigenvalue weighted by atomic mass is 32.1. The largest absolute Gasteiger partial charge is 0.494 e. The Kier molecular flexibility index (Phi) is 4.16. The maximum atomic E-state index is 11.4. The van der Waals surface area contributed by atoms with Gasteiger partial charge >= 0.3 is 0 Å². The molecule has 1 heterocycles. The summed E-state index contributed by atoms with van der Waals surface area (Å²) in [5.41, 5.74) is 1.53. The summed E-state index contributed by atoms with van der Waals surface area (Å²) in [5.74, 6) is -0.914. The number of hydrogen-bond acceptors (Lipinski definition) is 5. The number of H-pyrrole nitrogens is 2. The van der Waals surface area contributed by atoms with Crippen molar-refractivity contribution in [3.8, 4) is 5.88 Å². The highest BCUT2D eigenvalue weighted by molar-refractivity contribution is 7.71. The molecular weight excluding hydrogens is 244 g/mol. The fourth-order valence-electron chi connectivity index (χ4n) is 0.893. The molecule has 7 nitrogen and oxygen atoms in total. The number of carbonyl (C=O) groups excluding carboxylic acids is 1. The average Bonchev–Trinajstić information content (AvgIpc) is 2.21. The van der Waals surface area contributed by atoms with E-state index in [9.17, 15) is 14.7 Å². The van der Waals surface area contributed by atoms with Crippen molar-refractivity contribution in [3.63, 3.8) is 0 Å². The monoisotopic (exact) mass is 256 g/mol. The summed E-state index contributed by atoms with van der Waals surface area (Å²) in [5, 5.41) is 13.0. The maximum absolute atomic E-state index is 11.4. The smallest absolute Gasteiger partial charge is 0.264 e. The van der Waals surface area contributed by atoms with Gasteiger partial charge in [0.15, 0.2) is 4.77 Å². The summed E-state index contributed by atoms with van der Waals surface area (Å²) >= 11 is 4.65. The van der Waals surface area contributed by atoms with Gasteiger partial charge in [-0.15, -0.1) is 0 Å². The van der Waals surface area contributed by atoms with Gasteiger partial charge in [0.1, 0.15) is 5.56 Å². The van der Waals surface area contributed by atoms with Gasteiger partial charge in [-0.2, -0.15) is 5.10 Å². The van der Waals surface area contributed by atoms with Crippen LogP contribution in [0.5, 0.6) is 5.88 Å². The van der Waals surface area contributed by atoms with Crippen molar-refractivity contribution in [1.82, 2.24) is 15.4 Å². The zero-order chi connectivity index (χ0) is 13.0. The van der Waals surface area contributed by atoms with E-state index in [1.165, 1.54) is 0 Å². The fraction of sp³-hybridized carbons (Fsp3) is 0.333. The van der Waals surface area contributed by atoms with Crippen molar-refractivity contribution >= 4 is 24.3 Å². The van der Waals surface area contributed by atoms with Crippen LogP contribution in [0.2, 0.25) is 0 Å². The Morgan fingerprint density at radius 3 is 2.71 bits per heavy atom. The third-order valence-corrected chi connectivity index (χ3v) is 2.06. The van der Waals surface area contributed by atoms with Gasteiger partial charge in [-0.05, 0) is 12.2 Å². The number of aromatic amines is 2. The Morgan fingerprint density at radius 2 is 2.18 bits per heavy atom. The predicted molar refractivity (Wildman–Crippen MR) is 64.5 cm³/mol. The number of carbonyl (C=O) groups is 1. The summed E-state index contributed by atoms with van der Waals surface area (Å²) in [4.78, 5) is 27.2. The first-order valence-corrected chi connectivity index (χ1v) is 5.21. The Balaban J connectivity index is 2.90. The molecule has 4 N–H and O–H groups in total. The summed E-state index contributed by atoms with van der Waals surface area (Å²) < 4.78 is 0.0101. The Morgan fingerprint density at radius 1 is 1.53 bits per heavy atom. The van der Waals surface area contributed by atoms with Gasteiger partial charge in [-0.25, -0.2) is 5.43 Å². The first-order valence-electron chi connectivity index (χ1n) is 4.80. The normalized spacial score (nSPS) is 11.0. The topological polar surface area (TPSA) is 110 Å². The van der Waals surface area contributed by atoms with E-state index in [0.717, 1.165) is 6.21 Å². The van der Waals surface area contributed by atoms with Crippen molar-refractivity contribution in [2.24, 2.45) is 11.0 Å². The second-order valence-electron chi connectivity index (χ2n) is 3.56. The molecule has 0 aliphatic rings. The van der Waals surface area contributed by atoms with E-state index in [1.807, 2.05) is 0 Å². The quantitative estimate of drug-likeness (QED) is 0.353. The fourth-order valence-corrected chi connectivity index (χ4v) is 1.08. The van der Waals surface area contributed by atoms with Crippen molar-refractivity contribution in [2.75, 3.05) is 0 Å². The van der Waals surface area contributed by atoms with Gasteiger partial charge < -0.3 is 10.1 Å². The number of nitrogens with zero attached hydrogens (tertiary/aromatic N) is 1. The molecular formula is C9H12N4O3S. The van der Waals surface area contributed by atoms with Crippen LogP contribution in [0, 0.1) is 10.7 Å². The van der Waals surface area contributed by atoms with Crippen LogP contribution < -0.4 is 11.0 Å². The number of aromatic hydroxyl groups is 1. The highest BCUT2D eigenvalue weighted by Gasteiger charge is 2.06. The molecule has 1 amide bonds. The molecule has 0 spiro atoms. The van der Waals surface area contributed by atoms with Crippen molar-refractivity contribution < 1.29 is 9.90 Å². The van der Waals surface area contributed by atoms with Gasteiger partial charge in [0, 0.05) is 5.92 Å². The third-order valence-electron chi connectivity index (χ3n) is 1.85. The van der Waals surface area contributed by atoms with Crippen LogP contribution in [0.3, 0.4) is 0 Å². The molecule has 8 heteroatoms. The SMILES string of the molecule is CC(C)C(=O)N/N=C/c1c(O)[nH]c(=S)[nH]c1=O. The van der Waals surface area contributed by atoms with Crippen LogP contribution >= 0.6 is 12.2 Å². The molecule has 1 rings (SSSR count). The van der Waals surface area contributed by atoms with Gasteiger partial charge in [0.05, 0.1) is 6.21 Å². The molecule has 0 saturated heterocycles. The van der Waals surface area contributed by atoms with Crippen molar-refractivity contribution in [1.29, 1.82) is 0 Å². The van der Waals surface area contributed by atoms with E-state index >= 15 is 0 Å². The summed E-state index contributed by atoms with van der Waals surface area (Å²) in [6, 6.07) is 0. The van der Waals surface area contributed by atoms with E-state index < -0.39 is 11.4 Å². The zero-order valence-electron chi connectivity index (χ0n) is 9.27. The molecule has 1 aromatic rings. The first-order chi connectivity index (χ1) is 7.91. The lowest BCUT2D eigenvalue weighted by atomic mass is 10.2. The molecule has 0 atom stereocenters. The van der Waals surface area contributed by atoms with Crippen LogP contribution in [0.15, 0.2) is 9.90 Å². The van der Waals surface area contributed by atoms with E-state index in [2.05, 4.69) is 32.7 Å². The minimum atomic E-state index is -0.589. The lowest BCUT2D eigenvalue weighted by Crippen LogP contribution is -2.23. The number of aromatic nitrogens is 2. The predicted octanol–water partition coefficient (Wildman–Crippen LogP) is 0.244. The average molecular weight is 256 g/mol. The van der Waals surface area contributed by atoms with E-state index in [0.29, 0.717) is 0 Å². The maximum Gasteiger partial charge on any atom is 0.264 e. The van der Waals surface area contributed by atoms with Crippen molar-refractivity contribution in [2.45, 2.75) is 13.8 Å². The number of hydrazone groups is 1. The van der Waals surface area contributed by atoms with Gasteiger partial charge in [0.2, 0.25) is 11.8 Å². The van der Waals surface area contributed by atoms with E-state index in [1.54, 1.807) is 13.8 Å². The molecule has 0 unspecified atom stereocenters. The standard InChI is InChI=1S/C9H12N4O3S/c1-4(2)6(14)13-10-3-5-7(15)11-9(17)12-8(5)16/h3-4H,1-2H3,(H,13,14)(H3,11,12,15,16,17)/b10-3+. The molecule has 17 heavy (non-hydrogen) atoms. The summed E-state index contributed by atoms with van der Waals surface area (Å²) in [6.45, 7) is 3.41. The van der Waals surface area contributed by atoms with Crippen LogP contribution in [0.25, 0.3) is 0 Å². The molecule has 0 bridgehead atoms. The second-order valence-corrected chi connectivity index (χ2v) is 3.97. The summed E-state index contributed by atoms with van der Waals surface area (Å²) in [6.07, 6.45) is 1.04. The summed E-state index contributed by atoms with van der Waals surface area (Å²) in [7, 11) is 0.